The van der Waals surface area contributed by atoms with Gasteiger partial charge in [-0.25, -0.2) is 16.8 Å². The molecule has 0 aliphatic carbocycles. The normalized spacial score (nSPS) is 14.6. The fraction of sp³-hybridized carbons (Fsp3) is 0.296. The Bertz CT molecular complexity index is 1490. The summed E-state index contributed by atoms with van der Waals surface area (Å²) in [5.74, 6) is -0.296. The van der Waals surface area contributed by atoms with Gasteiger partial charge < -0.3 is 10.1 Å². The average Bonchev–Trinajstić information content (AvgIpc) is 2.93. The van der Waals surface area contributed by atoms with Crippen LogP contribution in [-0.4, -0.2) is 53.8 Å². The third kappa shape index (κ3) is 6.01. The molecule has 0 spiro atoms. The van der Waals surface area contributed by atoms with E-state index >= 15 is 0 Å². The maximum absolute atomic E-state index is 13.6. The van der Waals surface area contributed by atoms with Crippen molar-refractivity contribution in [3.05, 3.63) is 78.4 Å². The summed E-state index contributed by atoms with van der Waals surface area (Å²) in [5.41, 5.74) is 1.37. The van der Waals surface area contributed by atoms with Gasteiger partial charge >= 0.3 is 0 Å². The maximum Gasteiger partial charge on any atom is 0.264 e. The molecule has 1 heterocycles. The van der Waals surface area contributed by atoms with Gasteiger partial charge in [-0.15, -0.1) is 0 Å². The van der Waals surface area contributed by atoms with Gasteiger partial charge in [0.05, 0.1) is 22.6 Å². The van der Waals surface area contributed by atoms with E-state index in [9.17, 15) is 21.6 Å². The van der Waals surface area contributed by atoms with Crippen LogP contribution < -0.4 is 14.4 Å². The van der Waals surface area contributed by atoms with Gasteiger partial charge in [-0.05, 0) is 73.9 Å². The summed E-state index contributed by atoms with van der Waals surface area (Å²) in [5, 5.41) is 2.68. The monoisotopic (exact) mass is 557 g/mol. The van der Waals surface area contributed by atoms with Gasteiger partial charge in [-0.2, -0.15) is 4.31 Å². The quantitative estimate of drug-likeness (QED) is 0.425. The van der Waals surface area contributed by atoms with Crippen LogP contribution in [0, 0.1) is 6.92 Å². The van der Waals surface area contributed by atoms with Gasteiger partial charge in [0.2, 0.25) is 15.9 Å². The molecule has 1 aliphatic heterocycles. The molecule has 0 aromatic heterocycles. The van der Waals surface area contributed by atoms with Crippen molar-refractivity contribution in [2.75, 3.05) is 36.4 Å². The van der Waals surface area contributed by atoms with Gasteiger partial charge in [0.25, 0.3) is 10.0 Å². The van der Waals surface area contributed by atoms with E-state index < -0.39 is 32.5 Å². The number of methoxy groups -OCH3 is 1. The van der Waals surface area contributed by atoms with E-state index in [2.05, 4.69) is 5.32 Å². The van der Waals surface area contributed by atoms with Gasteiger partial charge in [-0.1, -0.05) is 30.7 Å². The molecule has 38 heavy (non-hydrogen) atoms. The number of carbonyl (C=O) groups is 1. The highest BCUT2D eigenvalue weighted by molar-refractivity contribution is 7.93. The second-order valence-corrected chi connectivity index (χ2v) is 12.8. The zero-order valence-electron chi connectivity index (χ0n) is 21.3. The molecule has 1 saturated heterocycles. The molecular formula is C27H31N3O6S2. The number of piperidine rings is 1. The van der Waals surface area contributed by atoms with Crippen LogP contribution >= 0.6 is 0 Å². The summed E-state index contributed by atoms with van der Waals surface area (Å²) in [7, 11) is -6.29. The van der Waals surface area contributed by atoms with Crippen molar-refractivity contribution >= 4 is 37.3 Å². The minimum atomic E-state index is -4.12. The standard InChI is InChI=1S/C27H31N3O6S2/c1-21-11-16-26(36-2)25(19-21)30(38(34,35)23-9-5-3-6-10-23)20-27(31)28-22-12-14-24(15-13-22)37(32,33)29-17-7-4-8-18-29/h3,5-6,9-16,19H,4,7-8,17-18,20H2,1-2H3,(H,28,31). The topological polar surface area (TPSA) is 113 Å². The van der Waals surface area contributed by atoms with Gasteiger partial charge in [0.1, 0.15) is 12.3 Å². The molecule has 0 saturated carbocycles. The molecule has 0 bridgehead atoms. The molecule has 1 fully saturated rings. The lowest BCUT2D eigenvalue weighted by molar-refractivity contribution is -0.114. The number of benzene rings is 3. The number of rotatable bonds is 9. The number of sulfonamides is 2. The molecule has 1 amide bonds. The van der Waals surface area contributed by atoms with Crippen molar-refractivity contribution < 1.29 is 26.4 Å². The van der Waals surface area contributed by atoms with Crippen LogP contribution in [0.2, 0.25) is 0 Å². The Morgan fingerprint density at radius 1 is 0.895 bits per heavy atom. The van der Waals surface area contributed by atoms with Crippen molar-refractivity contribution in [2.24, 2.45) is 0 Å². The Morgan fingerprint density at radius 2 is 1.55 bits per heavy atom. The molecule has 0 atom stereocenters. The summed E-state index contributed by atoms with van der Waals surface area (Å²) in [4.78, 5) is 13.3. The highest BCUT2D eigenvalue weighted by Crippen LogP contribution is 2.33. The molecule has 0 radical (unpaired) electrons. The predicted molar refractivity (Wildman–Crippen MR) is 146 cm³/mol. The van der Waals surface area contributed by atoms with Gasteiger partial charge in [0, 0.05) is 18.8 Å². The van der Waals surface area contributed by atoms with Crippen LogP contribution in [0.1, 0.15) is 24.8 Å². The number of nitrogens with zero attached hydrogens (tertiary/aromatic N) is 2. The summed E-state index contributed by atoms with van der Waals surface area (Å²) < 4.78 is 61.0. The van der Waals surface area contributed by atoms with Gasteiger partial charge in [-0.3, -0.25) is 9.10 Å². The molecule has 3 aromatic rings. The first-order chi connectivity index (χ1) is 18.1. The van der Waals surface area contributed by atoms with Crippen molar-refractivity contribution in [2.45, 2.75) is 36.0 Å². The molecule has 9 nitrogen and oxygen atoms in total. The average molecular weight is 558 g/mol. The number of hydrogen-bond acceptors (Lipinski definition) is 6. The summed E-state index contributed by atoms with van der Waals surface area (Å²) >= 11 is 0. The third-order valence-electron chi connectivity index (χ3n) is 6.31. The number of hydrogen-bond donors (Lipinski definition) is 1. The first-order valence-corrected chi connectivity index (χ1v) is 15.1. The largest absolute Gasteiger partial charge is 0.495 e. The fourth-order valence-electron chi connectivity index (χ4n) is 4.31. The summed E-state index contributed by atoms with van der Waals surface area (Å²) in [6, 6.07) is 18.8. The van der Waals surface area contributed by atoms with E-state index in [0.717, 1.165) is 29.1 Å². The lowest BCUT2D eigenvalue weighted by Gasteiger charge is -2.26. The highest BCUT2D eigenvalue weighted by atomic mass is 32.2. The lowest BCUT2D eigenvalue weighted by Crippen LogP contribution is -2.38. The highest BCUT2D eigenvalue weighted by Gasteiger charge is 2.30. The van der Waals surface area contributed by atoms with E-state index in [1.807, 2.05) is 6.92 Å². The second kappa shape index (κ2) is 11.5. The Morgan fingerprint density at radius 3 is 2.18 bits per heavy atom. The number of carbonyl (C=O) groups excluding carboxylic acids is 1. The van der Waals surface area contributed by atoms with Crippen molar-refractivity contribution in [1.82, 2.24) is 4.31 Å². The van der Waals surface area contributed by atoms with E-state index in [1.54, 1.807) is 36.4 Å². The smallest absolute Gasteiger partial charge is 0.264 e. The molecule has 11 heteroatoms. The second-order valence-electron chi connectivity index (χ2n) is 9.04. The Balaban J connectivity index is 1.58. The number of nitrogens with one attached hydrogen (secondary N) is 1. The molecule has 1 N–H and O–H groups in total. The molecule has 3 aromatic carbocycles. The number of anilines is 2. The third-order valence-corrected chi connectivity index (χ3v) is 10.00. The Hall–Kier alpha value is -3.41. The summed E-state index contributed by atoms with van der Waals surface area (Å²) in [6.45, 7) is 2.28. The van der Waals surface area contributed by atoms with Crippen LogP contribution in [-0.2, 0) is 24.8 Å². The zero-order valence-corrected chi connectivity index (χ0v) is 23.0. The number of amides is 1. The fourth-order valence-corrected chi connectivity index (χ4v) is 7.27. The van der Waals surface area contributed by atoms with E-state index in [0.29, 0.717) is 24.5 Å². The van der Waals surface area contributed by atoms with Crippen LogP contribution in [0.3, 0.4) is 0 Å². The SMILES string of the molecule is COc1ccc(C)cc1N(CC(=O)Nc1ccc(S(=O)(=O)N2CCCCC2)cc1)S(=O)(=O)c1ccccc1. The minimum Gasteiger partial charge on any atom is -0.495 e. The first kappa shape index (κ1) is 27.6. The molecule has 1 aliphatic rings. The lowest BCUT2D eigenvalue weighted by atomic mass is 10.2. The molecule has 0 unspecified atom stereocenters. The van der Waals surface area contributed by atoms with Crippen LogP contribution in [0.25, 0.3) is 0 Å². The first-order valence-electron chi connectivity index (χ1n) is 12.3. The maximum atomic E-state index is 13.6. The van der Waals surface area contributed by atoms with E-state index in [1.165, 1.54) is 47.8 Å². The Labute approximate surface area is 224 Å². The van der Waals surface area contributed by atoms with Crippen molar-refractivity contribution in [1.29, 1.82) is 0 Å². The van der Waals surface area contributed by atoms with Crippen LogP contribution in [0.15, 0.2) is 82.6 Å². The Kier molecular flexibility index (Phi) is 8.39. The van der Waals surface area contributed by atoms with Crippen molar-refractivity contribution in [3.8, 4) is 5.75 Å². The minimum absolute atomic E-state index is 0.0311. The number of aryl methyl sites for hydroxylation is 1. The summed E-state index contributed by atoms with van der Waals surface area (Å²) in [6.07, 6.45) is 2.69. The van der Waals surface area contributed by atoms with E-state index in [-0.39, 0.29) is 15.5 Å². The predicted octanol–water partition coefficient (Wildman–Crippen LogP) is 4.01. The molecule has 4 rings (SSSR count). The number of ether oxygens (including phenoxy) is 1. The zero-order chi connectivity index (χ0) is 27.3. The molecule has 202 valence electrons. The molecular weight excluding hydrogens is 526 g/mol. The van der Waals surface area contributed by atoms with Crippen molar-refractivity contribution in [3.63, 3.8) is 0 Å². The van der Waals surface area contributed by atoms with E-state index in [4.69, 9.17) is 4.74 Å². The van der Waals surface area contributed by atoms with Crippen LogP contribution in [0.5, 0.6) is 5.75 Å². The van der Waals surface area contributed by atoms with Crippen LogP contribution in [0.4, 0.5) is 11.4 Å². The van der Waals surface area contributed by atoms with Gasteiger partial charge in [0.15, 0.2) is 0 Å².